The smallest absolute Gasteiger partial charge is 0.337 e. The molecule has 0 unspecified atom stereocenters. The van der Waals surface area contributed by atoms with Crippen LogP contribution in [0.15, 0.2) is 39.7 Å². The predicted molar refractivity (Wildman–Crippen MR) is 124 cm³/mol. The number of carboxylic acid groups (broad SMARTS) is 1. The van der Waals surface area contributed by atoms with Crippen LogP contribution in [0.5, 0.6) is 0 Å². The standard InChI is InChI=1S/C23H21ClN2O6S/c1-13-6-8-25(9-7-13)20(27)12-26-21(28)19(33-23(26)31)11-15-3-5-18(32-15)14-2-4-17(24)16(10-14)22(29)30/h2-5,10-11,13H,6-9,12H2,1H3,(H,29,30)/b19-11+. The summed E-state index contributed by atoms with van der Waals surface area (Å²) in [6.07, 6.45) is 3.27. The predicted octanol–water partition coefficient (Wildman–Crippen LogP) is 4.59. The van der Waals surface area contributed by atoms with Gasteiger partial charge >= 0.3 is 5.97 Å². The Balaban J connectivity index is 1.47. The van der Waals surface area contributed by atoms with E-state index in [4.69, 9.17) is 16.0 Å². The molecule has 33 heavy (non-hydrogen) atoms. The molecule has 2 fully saturated rings. The highest BCUT2D eigenvalue weighted by Crippen LogP contribution is 2.34. The van der Waals surface area contributed by atoms with Crippen molar-refractivity contribution in [1.29, 1.82) is 0 Å². The number of imide groups is 1. The first-order chi connectivity index (χ1) is 15.7. The molecule has 2 saturated heterocycles. The molecule has 1 aromatic heterocycles. The lowest BCUT2D eigenvalue weighted by Crippen LogP contribution is -2.45. The highest BCUT2D eigenvalue weighted by Gasteiger charge is 2.37. The van der Waals surface area contributed by atoms with Crippen LogP contribution in [0, 0.1) is 5.92 Å². The third kappa shape index (κ3) is 4.99. The molecule has 0 atom stereocenters. The quantitative estimate of drug-likeness (QED) is 0.613. The van der Waals surface area contributed by atoms with E-state index in [-0.39, 0.29) is 27.9 Å². The summed E-state index contributed by atoms with van der Waals surface area (Å²) in [5, 5.41) is 8.85. The number of rotatable bonds is 5. The summed E-state index contributed by atoms with van der Waals surface area (Å²) in [6, 6.07) is 7.73. The molecule has 2 aliphatic heterocycles. The fourth-order valence-corrected chi connectivity index (χ4v) is 4.70. The maximum Gasteiger partial charge on any atom is 0.337 e. The largest absolute Gasteiger partial charge is 0.478 e. The van der Waals surface area contributed by atoms with Gasteiger partial charge in [0.05, 0.1) is 15.5 Å². The number of piperidine rings is 1. The van der Waals surface area contributed by atoms with Crippen molar-refractivity contribution in [2.75, 3.05) is 19.6 Å². The molecule has 10 heteroatoms. The summed E-state index contributed by atoms with van der Waals surface area (Å²) in [7, 11) is 0. The molecular formula is C23H21ClN2O6S. The fraction of sp³-hybridized carbons (Fsp3) is 0.304. The Morgan fingerprint density at radius 2 is 1.94 bits per heavy atom. The number of aromatic carboxylic acids is 1. The topological polar surface area (TPSA) is 108 Å². The SMILES string of the molecule is CC1CCN(C(=O)CN2C(=O)S/C(=C/c3ccc(-c4ccc(Cl)c(C(=O)O)c4)o3)C2=O)CC1. The van der Waals surface area contributed by atoms with Gasteiger partial charge < -0.3 is 14.4 Å². The van der Waals surface area contributed by atoms with Gasteiger partial charge in [0, 0.05) is 24.7 Å². The van der Waals surface area contributed by atoms with Crippen LogP contribution in [0.2, 0.25) is 5.02 Å². The molecule has 172 valence electrons. The van der Waals surface area contributed by atoms with Crippen molar-refractivity contribution in [2.24, 2.45) is 5.92 Å². The summed E-state index contributed by atoms with van der Waals surface area (Å²) in [5.41, 5.74) is 0.451. The first kappa shape index (κ1) is 23.1. The molecule has 0 saturated carbocycles. The maximum atomic E-state index is 12.7. The van der Waals surface area contributed by atoms with Gasteiger partial charge in [-0.1, -0.05) is 18.5 Å². The molecule has 0 bridgehead atoms. The average Bonchev–Trinajstić information content (AvgIpc) is 3.34. The summed E-state index contributed by atoms with van der Waals surface area (Å²) < 4.78 is 5.73. The Kier molecular flexibility index (Phi) is 6.62. The number of hydrogen-bond acceptors (Lipinski definition) is 6. The summed E-state index contributed by atoms with van der Waals surface area (Å²) in [5.74, 6) is -0.663. The monoisotopic (exact) mass is 488 g/mol. The zero-order chi connectivity index (χ0) is 23.7. The summed E-state index contributed by atoms with van der Waals surface area (Å²) in [6.45, 7) is 3.13. The summed E-state index contributed by atoms with van der Waals surface area (Å²) in [4.78, 5) is 51.8. The minimum absolute atomic E-state index is 0.0546. The zero-order valence-corrected chi connectivity index (χ0v) is 19.3. The molecule has 1 aromatic carbocycles. The van der Waals surface area contributed by atoms with E-state index in [0.29, 0.717) is 36.1 Å². The molecule has 8 nitrogen and oxygen atoms in total. The Morgan fingerprint density at radius 1 is 1.21 bits per heavy atom. The van der Waals surface area contributed by atoms with E-state index in [1.54, 1.807) is 23.1 Å². The van der Waals surface area contributed by atoms with Gasteiger partial charge in [-0.05, 0) is 60.9 Å². The number of carboxylic acids is 1. The van der Waals surface area contributed by atoms with Gasteiger partial charge in [0.25, 0.3) is 11.1 Å². The van der Waals surface area contributed by atoms with Crippen LogP contribution in [-0.2, 0) is 9.59 Å². The van der Waals surface area contributed by atoms with Gasteiger partial charge in [-0.3, -0.25) is 19.3 Å². The van der Waals surface area contributed by atoms with Crippen molar-refractivity contribution in [3.63, 3.8) is 0 Å². The first-order valence-corrected chi connectivity index (χ1v) is 11.6. The second-order valence-electron chi connectivity index (χ2n) is 8.03. The highest BCUT2D eigenvalue weighted by atomic mass is 35.5. The number of furan rings is 1. The molecule has 0 aliphatic carbocycles. The van der Waals surface area contributed by atoms with E-state index in [0.717, 1.165) is 29.5 Å². The van der Waals surface area contributed by atoms with Crippen molar-refractivity contribution in [2.45, 2.75) is 19.8 Å². The Bertz CT molecular complexity index is 1170. The minimum atomic E-state index is -1.16. The third-order valence-corrected chi connectivity index (χ3v) is 6.92. The highest BCUT2D eigenvalue weighted by molar-refractivity contribution is 8.18. The van der Waals surface area contributed by atoms with E-state index in [1.165, 1.54) is 18.2 Å². The molecule has 4 rings (SSSR count). The third-order valence-electron chi connectivity index (χ3n) is 5.68. The van der Waals surface area contributed by atoms with E-state index >= 15 is 0 Å². The Labute approximate surface area is 199 Å². The van der Waals surface area contributed by atoms with Crippen molar-refractivity contribution < 1.29 is 28.7 Å². The molecule has 3 amide bonds. The van der Waals surface area contributed by atoms with Gasteiger partial charge in [-0.2, -0.15) is 0 Å². The lowest BCUT2D eigenvalue weighted by molar-refractivity contribution is -0.136. The number of halogens is 1. The van der Waals surface area contributed by atoms with Gasteiger partial charge in [0.1, 0.15) is 18.1 Å². The number of amides is 3. The zero-order valence-electron chi connectivity index (χ0n) is 17.7. The van der Waals surface area contributed by atoms with Crippen molar-refractivity contribution in [3.8, 4) is 11.3 Å². The van der Waals surface area contributed by atoms with Crippen LogP contribution >= 0.6 is 23.4 Å². The van der Waals surface area contributed by atoms with Crippen LogP contribution in [0.3, 0.4) is 0 Å². The fourth-order valence-electron chi connectivity index (χ4n) is 3.69. The second kappa shape index (κ2) is 9.44. The van der Waals surface area contributed by atoms with Crippen LogP contribution in [0.1, 0.15) is 35.9 Å². The summed E-state index contributed by atoms with van der Waals surface area (Å²) >= 11 is 6.66. The number of carbonyl (C=O) groups excluding carboxylic acids is 3. The van der Waals surface area contributed by atoms with E-state index in [2.05, 4.69) is 6.92 Å². The van der Waals surface area contributed by atoms with Crippen molar-refractivity contribution >= 4 is 52.5 Å². The molecule has 0 radical (unpaired) electrons. The maximum absolute atomic E-state index is 12.7. The molecular weight excluding hydrogens is 468 g/mol. The number of carbonyl (C=O) groups is 4. The number of hydrogen-bond donors (Lipinski definition) is 1. The molecule has 0 spiro atoms. The van der Waals surface area contributed by atoms with Crippen LogP contribution in [0.25, 0.3) is 17.4 Å². The van der Waals surface area contributed by atoms with Gasteiger partial charge in [0.2, 0.25) is 5.91 Å². The second-order valence-corrected chi connectivity index (χ2v) is 9.43. The Hall–Kier alpha value is -3.04. The average molecular weight is 489 g/mol. The van der Waals surface area contributed by atoms with Gasteiger partial charge in [-0.25, -0.2) is 4.79 Å². The van der Waals surface area contributed by atoms with Crippen LogP contribution in [-0.4, -0.2) is 57.6 Å². The van der Waals surface area contributed by atoms with Crippen molar-refractivity contribution in [3.05, 3.63) is 51.6 Å². The lowest BCUT2D eigenvalue weighted by Gasteiger charge is -2.31. The molecule has 2 aromatic rings. The lowest BCUT2D eigenvalue weighted by atomic mass is 9.99. The number of benzene rings is 1. The molecule has 1 N–H and O–H groups in total. The van der Waals surface area contributed by atoms with Crippen LogP contribution in [0.4, 0.5) is 4.79 Å². The first-order valence-electron chi connectivity index (χ1n) is 10.4. The van der Waals surface area contributed by atoms with Gasteiger partial charge in [-0.15, -0.1) is 0 Å². The number of thioether (sulfide) groups is 1. The van der Waals surface area contributed by atoms with E-state index in [9.17, 15) is 24.3 Å². The molecule has 2 aliphatic rings. The minimum Gasteiger partial charge on any atom is -0.478 e. The van der Waals surface area contributed by atoms with Crippen LogP contribution < -0.4 is 0 Å². The van der Waals surface area contributed by atoms with E-state index in [1.807, 2.05) is 0 Å². The number of nitrogens with zero attached hydrogens (tertiary/aromatic N) is 2. The van der Waals surface area contributed by atoms with Crippen molar-refractivity contribution in [1.82, 2.24) is 9.80 Å². The normalized spacial score (nSPS) is 18.4. The van der Waals surface area contributed by atoms with Gasteiger partial charge in [0.15, 0.2) is 0 Å². The molecule has 3 heterocycles. The van der Waals surface area contributed by atoms with E-state index < -0.39 is 17.1 Å². The Morgan fingerprint density at radius 3 is 2.64 bits per heavy atom. The number of likely N-dealkylation sites (tertiary alicyclic amines) is 1.